The van der Waals surface area contributed by atoms with Gasteiger partial charge in [-0.25, -0.2) is 0 Å². The summed E-state index contributed by atoms with van der Waals surface area (Å²) >= 11 is 0. The van der Waals surface area contributed by atoms with Crippen LogP contribution in [0.2, 0.25) is 0 Å². The summed E-state index contributed by atoms with van der Waals surface area (Å²) in [5.41, 5.74) is 0.927. The molecule has 0 aliphatic rings. The Bertz CT molecular complexity index is 248. The van der Waals surface area contributed by atoms with Gasteiger partial charge in [-0.05, 0) is 19.4 Å². The summed E-state index contributed by atoms with van der Waals surface area (Å²) in [6, 6.07) is 7.28. The van der Waals surface area contributed by atoms with Crippen LogP contribution in [0, 0.1) is 0 Å². The Balaban J connectivity index is 2.93. The van der Waals surface area contributed by atoms with E-state index in [4.69, 9.17) is 5.02 Å². The van der Waals surface area contributed by atoms with Gasteiger partial charge < -0.3 is 10.1 Å². The molecule has 3 heteroatoms. The number of benzene rings is 1. The molecule has 0 saturated heterocycles. The molecular formula is C9H13BO2. The fourth-order valence-electron chi connectivity index (χ4n) is 1.02. The molecule has 64 valence electrons. The summed E-state index contributed by atoms with van der Waals surface area (Å²) in [7, 11) is 0.0478. The lowest BCUT2D eigenvalue weighted by molar-refractivity contribution is 0.0786. The van der Waals surface area contributed by atoms with E-state index in [1.807, 2.05) is 24.3 Å². The van der Waals surface area contributed by atoms with Crippen LogP contribution in [0.4, 0.5) is 0 Å². The normalized spacial score (nSPS) is 11.3. The minimum atomic E-state index is -0.798. The van der Waals surface area contributed by atoms with Gasteiger partial charge in [-0.3, -0.25) is 0 Å². The van der Waals surface area contributed by atoms with Crippen molar-refractivity contribution >= 4 is 12.9 Å². The second kappa shape index (κ2) is 3.29. The molecule has 0 bridgehead atoms. The van der Waals surface area contributed by atoms with Crippen LogP contribution < -0.4 is 5.46 Å². The Labute approximate surface area is 73.1 Å². The van der Waals surface area contributed by atoms with E-state index < -0.39 is 5.60 Å². The quantitative estimate of drug-likeness (QED) is 0.598. The average molecular weight is 164 g/mol. The third-order valence-corrected chi connectivity index (χ3v) is 1.84. The molecule has 0 aromatic heterocycles. The van der Waals surface area contributed by atoms with Crippen LogP contribution in [-0.4, -0.2) is 17.6 Å². The van der Waals surface area contributed by atoms with E-state index in [0.29, 0.717) is 0 Å². The van der Waals surface area contributed by atoms with Crippen LogP contribution in [0.1, 0.15) is 19.4 Å². The molecule has 12 heavy (non-hydrogen) atoms. The fraction of sp³-hybridized carbons (Fsp3) is 0.333. The Kier molecular flexibility index (Phi) is 2.55. The summed E-state index contributed by atoms with van der Waals surface area (Å²) < 4.78 is 0. The van der Waals surface area contributed by atoms with Crippen molar-refractivity contribution in [3.05, 3.63) is 29.8 Å². The fourth-order valence-corrected chi connectivity index (χ4v) is 1.02. The molecule has 0 atom stereocenters. The van der Waals surface area contributed by atoms with Gasteiger partial charge in [0.1, 0.15) is 0 Å². The number of hydrogen-bond acceptors (Lipinski definition) is 2. The second-order valence-electron chi connectivity index (χ2n) is 3.41. The molecule has 1 rings (SSSR count). The van der Waals surface area contributed by atoms with E-state index in [-0.39, 0.29) is 7.48 Å². The summed E-state index contributed by atoms with van der Waals surface area (Å²) in [5, 5.41) is 18.4. The second-order valence-corrected chi connectivity index (χ2v) is 3.41. The predicted octanol–water partition coefficient (Wildman–Crippen LogP) is -0.117. The number of aliphatic hydroxyl groups is 1. The first kappa shape index (κ1) is 9.29. The lowest BCUT2D eigenvalue weighted by atomic mass is 9.86. The lowest BCUT2D eigenvalue weighted by Crippen LogP contribution is -2.18. The van der Waals surface area contributed by atoms with Crippen molar-refractivity contribution in [1.82, 2.24) is 0 Å². The molecule has 0 radical (unpaired) electrons. The Morgan fingerprint density at radius 3 is 2.00 bits per heavy atom. The van der Waals surface area contributed by atoms with E-state index >= 15 is 0 Å². The van der Waals surface area contributed by atoms with Gasteiger partial charge in [0.25, 0.3) is 0 Å². The summed E-state index contributed by atoms with van der Waals surface area (Å²) in [4.78, 5) is 0. The molecule has 0 aliphatic carbocycles. The molecule has 0 saturated carbocycles. The van der Waals surface area contributed by atoms with Crippen molar-refractivity contribution in [2.24, 2.45) is 0 Å². The van der Waals surface area contributed by atoms with Crippen LogP contribution in [0.25, 0.3) is 0 Å². The Hall–Kier alpha value is -0.795. The maximum Gasteiger partial charge on any atom is 0.304 e. The minimum absolute atomic E-state index is 0.0478. The van der Waals surface area contributed by atoms with Gasteiger partial charge in [0, 0.05) is 0 Å². The van der Waals surface area contributed by atoms with Gasteiger partial charge >= 0.3 is 7.48 Å². The van der Waals surface area contributed by atoms with Gasteiger partial charge in [0.15, 0.2) is 0 Å². The summed E-state index contributed by atoms with van der Waals surface area (Å²) in [6.07, 6.45) is 0. The minimum Gasteiger partial charge on any atom is -0.449 e. The maximum absolute atomic E-state index is 9.59. The smallest absolute Gasteiger partial charge is 0.304 e. The highest BCUT2D eigenvalue weighted by molar-refractivity contribution is 6.45. The topological polar surface area (TPSA) is 40.5 Å². The highest BCUT2D eigenvalue weighted by Crippen LogP contribution is 2.17. The van der Waals surface area contributed by atoms with E-state index in [1.54, 1.807) is 13.8 Å². The first-order valence-electron chi connectivity index (χ1n) is 3.96. The van der Waals surface area contributed by atoms with Crippen molar-refractivity contribution in [3.8, 4) is 0 Å². The van der Waals surface area contributed by atoms with Gasteiger partial charge in [0.05, 0.1) is 5.60 Å². The average Bonchev–Trinajstić information content (AvgIpc) is 2.03. The molecule has 1 aromatic rings. The zero-order chi connectivity index (χ0) is 9.19. The maximum atomic E-state index is 9.59. The highest BCUT2D eigenvalue weighted by Gasteiger charge is 2.14. The molecular weight excluding hydrogens is 151 g/mol. The lowest BCUT2D eigenvalue weighted by Gasteiger charge is -2.17. The predicted molar refractivity (Wildman–Crippen MR) is 50.7 cm³/mol. The molecule has 0 spiro atoms. The highest BCUT2D eigenvalue weighted by atomic mass is 16.3. The van der Waals surface area contributed by atoms with Gasteiger partial charge in [0.2, 0.25) is 0 Å². The van der Waals surface area contributed by atoms with Crippen molar-refractivity contribution in [2.75, 3.05) is 0 Å². The Morgan fingerprint density at radius 1 is 1.17 bits per heavy atom. The van der Waals surface area contributed by atoms with Crippen LogP contribution in [0.3, 0.4) is 0 Å². The molecule has 0 amide bonds. The number of rotatable bonds is 2. The first-order chi connectivity index (χ1) is 5.54. The molecule has 0 fully saturated rings. The molecule has 2 N–H and O–H groups in total. The molecule has 0 unspecified atom stereocenters. The van der Waals surface area contributed by atoms with E-state index in [2.05, 4.69) is 0 Å². The summed E-state index contributed by atoms with van der Waals surface area (Å²) in [6.45, 7) is 3.47. The first-order valence-corrected chi connectivity index (χ1v) is 3.96. The third-order valence-electron chi connectivity index (χ3n) is 1.84. The van der Waals surface area contributed by atoms with Crippen molar-refractivity contribution < 1.29 is 10.1 Å². The van der Waals surface area contributed by atoms with E-state index in [0.717, 1.165) is 11.0 Å². The molecule has 0 aliphatic heterocycles. The zero-order valence-corrected chi connectivity index (χ0v) is 7.41. The third kappa shape index (κ3) is 2.09. The Morgan fingerprint density at radius 2 is 1.67 bits per heavy atom. The van der Waals surface area contributed by atoms with Gasteiger partial charge in [-0.1, -0.05) is 29.7 Å². The molecule has 2 nitrogen and oxygen atoms in total. The standard InChI is InChI=1S/C9H13BO2/c1-9(2,11)7-3-5-8(10-12)6-4-7/h3-6,10-12H,1-2H3. The van der Waals surface area contributed by atoms with Crippen LogP contribution >= 0.6 is 0 Å². The molecule has 0 heterocycles. The molecule has 1 aromatic carbocycles. The SMILES string of the molecule is CC(C)(O)c1ccc(BO)cc1. The van der Waals surface area contributed by atoms with Crippen molar-refractivity contribution in [2.45, 2.75) is 19.4 Å². The summed E-state index contributed by atoms with van der Waals surface area (Å²) in [5.74, 6) is 0. The monoisotopic (exact) mass is 164 g/mol. The van der Waals surface area contributed by atoms with Crippen molar-refractivity contribution in [3.63, 3.8) is 0 Å². The van der Waals surface area contributed by atoms with Crippen LogP contribution in [-0.2, 0) is 5.60 Å². The van der Waals surface area contributed by atoms with Gasteiger partial charge in [-0.2, -0.15) is 0 Å². The van der Waals surface area contributed by atoms with E-state index in [1.165, 1.54) is 0 Å². The number of hydrogen-bond donors (Lipinski definition) is 2. The van der Waals surface area contributed by atoms with Crippen LogP contribution in [0.15, 0.2) is 24.3 Å². The van der Waals surface area contributed by atoms with E-state index in [9.17, 15) is 5.11 Å². The van der Waals surface area contributed by atoms with Crippen molar-refractivity contribution in [1.29, 1.82) is 0 Å². The van der Waals surface area contributed by atoms with Crippen LogP contribution in [0.5, 0.6) is 0 Å². The van der Waals surface area contributed by atoms with Gasteiger partial charge in [-0.15, -0.1) is 0 Å². The zero-order valence-electron chi connectivity index (χ0n) is 7.41. The largest absolute Gasteiger partial charge is 0.449 e.